The molecule has 1 unspecified atom stereocenters. The molecule has 1 atom stereocenters. The lowest BCUT2D eigenvalue weighted by molar-refractivity contribution is -0.123. The Kier molecular flexibility index (Phi) is 4.08. The molecule has 23 heavy (non-hydrogen) atoms. The second kappa shape index (κ2) is 6.04. The van der Waals surface area contributed by atoms with Crippen molar-refractivity contribution in [2.75, 3.05) is 10.6 Å². The smallest absolute Gasteiger partial charge is 0.234 e. The predicted octanol–water partition coefficient (Wildman–Crippen LogP) is 2.87. The van der Waals surface area contributed by atoms with Crippen molar-refractivity contribution in [3.8, 4) is 0 Å². The van der Waals surface area contributed by atoms with Crippen LogP contribution in [-0.4, -0.2) is 22.0 Å². The number of hydrogen-bond acceptors (Lipinski definition) is 5. The van der Waals surface area contributed by atoms with Crippen LogP contribution in [-0.2, 0) is 9.59 Å². The molecule has 0 radical (unpaired) electrons. The van der Waals surface area contributed by atoms with Gasteiger partial charge in [0.2, 0.25) is 16.9 Å². The van der Waals surface area contributed by atoms with Gasteiger partial charge in [-0.2, -0.15) is 0 Å². The largest absolute Gasteiger partial charge is 0.326 e. The van der Waals surface area contributed by atoms with E-state index in [2.05, 4.69) is 20.8 Å². The zero-order chi connectivity index (χ0) is 16.6. The summed E-state index contributed by atoms with van der Waals surface area (Å²) in [7, 11) is 0. The number of halogens is 1. The first-order valence-electron chi connectivity index (χ1n) is 7.17. The monoisotopic (exact) mass is 334 g/mol. The number of nitrogens with one attached hydrogen (secondary N) is 2. The van der Waals surface area contributed by atoms with E-state index in [1.54, 1.807) is 0 Å². The molecule has 2 amide bonds. The van der Waals surface area contributed by atoms with Crippen molar-refractivity contribution < 1.29 is 14.0 Å². The van der Waals surface area contributed by atoms with Crippen molar-refractivity contribution in [1.82, 2.24) is 10.2 Å². The highest BCUT2D eigenvalue weighted by molar-refractivity contribution is 7.15. The maximum atomic E-state index is 13.3. The van der Waals surface area contributed by atoms with Crippen molar-refractivity contribution >= 4 is 34.0 Å². The molecule has 0 bridgehead atoms. The highest BCUT2D eigenvalue weighted by Gasteiger charge is 2.31. The minimum absolute atomic E-state index is 0.0142. The molecule has 0 spiro atoms. The van der Waals surface area contributed by atoms with Crippen molar-refractivity contribution in [2.45, 2.75) is 32.1 Å². The minimum Gasteiger partial charge on any atom is -0.326 e. The molecule has 8 heteroatoms. The second-order valence-electron chi connectivity index (χ2n) is 5.63. The number of benzene rings is 1. The number of carbonyl (C=O) groups is 2. The van der Waals surface area contributed by atoms with Gasteiger partial charge in [-0.05, 0) is 17.7 Å². The molecular weight excluding hydrogens is 319 g/mol. The molecule has 0 saturated heterocycles. The summed E-state index contributed by atoms with van der Waals surface area (Å²) in [6.07, 6.45) is 0.0142. The summed E-state index contributed by atoms with van der Waals surface area (Å²) in [5.41, 5.74) is 0.929. The molecule has 1 aromatic heterocycles. The molecule has 0 aliphatic carbocycles. The average molecular weight is 334 g/mol. The van der Waals surface area contributed by atoms with Crippen molar-refractivity contribution in [3.05, 3.63) is 34.6 Å². The quantitative estimate of drug-likeness (QED) is 0.904. The molecule has 1 aliphatic heterocycles. The van der Waals surface area contributed by atoms with E-state index in [4.69, 9.17) is 0 Å². The zero-order valence-electron chi connectivity index (χ0n) is 12.6. The van der Waals surface area contributed by atoms with Crippen LogP contribution in [0, 0.1) is 5.82 Å². The Morgan fingerprint density at radius 3 is 2.91 bits per heavy atom. The molecule has 0 fully saturated rings. The van der Waals surface area contributed by atoms with Crippen LogP contribution in [0.25, 0.3) is 0 Å². The number of rotatable bonds is 3. The van der Waals surface area contributed by atoms with Gasteiger partial charge in [-0.25, -0.2) is 4.39 Å². The van der Waals surface area contributed by atoms with E-state index in [0.29, 0.717) is 16.4 Å². The van der Waals surface area contributed by atoms with Gasteiger partial charge in [-0.3, -0.25) is 14.9 Å². The van der Waals surface area contributed by atoms with E-state index >= 15 is 0 Å². The van der Waals surface area contributed by atoms with Gasteiger partial charge in [0.15, 0.2) is 0 Å². The summed E-state index contributed by atoms with van der Waals surface area (Å²) < 4.78 is 13.3. The van der Waals surface area contributed by atoms with Gasteiger partial charge in [-0.1, -0.05) is 31.3 Å². The average Bonchev–Trinajstić information content (AvgIpc) is 2.94. The van der Waals surface area contributed by atoms with E-state index in [9.17, 15) is 14.0 Å². The molecule has 120 valence electrons. The Labute approximate surface area is 136 Å². The third-order valence-corrected chi connectivity index (χ3v) is 4.67. The molecule has 3 rings (SSSR count). The first-order valence-corrected chi connectivity index (χ1v) is 7.99. The first-order chi connectivity index (χ1) is 10.9. The Balaban J connectivity index is 1.83. The fourth-order valence-electron chi connectivity index (χ4n) is 2.38. The van der Waals surface area contributed by atoms with Crippen molar-refractivity contribution in [2.24, 2.45) is 0 Å². The van der Waals surface area contributed by atoms with E-state index in [1.165, 1.54) is 29.5 Å². The van der Waals surface area contributed by atoms with E-state index in [1.807, 2.05) is 13.8 Å². The fourth-order valence-corrected chi connectivity index (χ4v) is 3.13. The van der Waals surface area contributed by atoms with E-state index in [0.717, 1.165) is 5.01 Å². The maximum Gasteiger partial charge on any atom is 0.234 e. The molecule has 0 saturated carbocycles. The molecular formula is C15H15FN4O2S. The Bertz CT molecular complexity index is 775. The Morgan fingerprint density at radius 1 is 1.43 bits per heavy atom. The van der Waals surface area contributed by atoms with Gasteiger partial charge < -0.3 is 5.32 Å². The predicted molar refractivity (Wildman–Crippen MR) is 85.0 cm³/mol. The lowest BCUT2D eigenvalue weighted by Crippen LogP contribution is -2.30. The highest BCUT2D eigenvalue weighted by Crippen LogP contribution is 2.34. The summed E-state index contributed by atoms with van der Waals surface area (Å²) in [5.74, 6) is -1.58. The topological polar surface area (TPSA) is 84.0 Å². The Hall–Kier alpha value is -2.35. The van der Waals surface area contributed by atoms with Crippen LogP contribution in [0.3, 0.4) is 0 Å². The molecule has 6 nitrogen and oxygen atoms in total. The summed E-state index contributed by atoms with van der Waals surface area (Å²) >= 11 is 1.30. The van der Waals surface area contributed by atoms with Gasteiger partial charge in [-0.15, -0.1) is 10.2 Å². The summed E-state index contributed by atoms with van der Waals surface area (Å²) in [4.78, 5) is 24.3. The second-order valence-corrected chi connectivity index (χ2v) is 6.63. The van der Waals surface area contributed by atoms with Gasteiger partial charge in [0, 0.05) is 18.0 Å². The maximum absolute atomic E-state index is 13.3. The summed E-state index contributed by atoms with van der Waals surface area (Å²) in [6.45, 7) is 3.98. The van der Waals surface area contributed by atoms with Crippen molar-refractivity contribution in [3.63, 3.8) is 0 Å². The van der Waals surface area contributed by atoms with Crippen LogP contribution >= 0.6 is 11.3 Å². The lowest BCUT2D eigenvalue weighted by Gasteiger charge is -2.24. The van der Waals surface area contributed by atoms with E-state index in [-0.39, 0.29) is 24.2 Å². The minimum atomic E-state index is -0.675. The number of amides is 2. The Morgan fingerprint density at radius 2 is 2.22 bits per heavy atom. The van der Waals surface area contributed by atoms with Crippen LogP contribution in [0.2, 0.25) is 0 Å². The summed E-state index contributed by atoms with van der Waals surface area (Å²) in [6, 6.07) is 4.01. The molecule has 1 aromatic carbocycles. The third kappa shape index (κ3) is 3.21. The van der Waals surface area contributed by atoms with Crippen LogP contribution < -0.4 is 10.6 Å². The highest BCUT2D eigenvalue weighted by atomic mass is 32.1. The SMILES string of the molecule is CC(C)c1nnc(NC(=O)C2CC(=O)Nc3cc(F)ccc32)s1. The van der Waals surface area contributed by atoms with Crippen LogP contribution in [0.4, 0.5) is 15.2 Å². The summed E-state index contributed by atoms with van der Waals surface area (Å²) in [5, 5.41) is 14.4. The number of fused-ring (bicyclic) bond motifs is 1. The van der Waals surface area contributed by atoms with E-state index < -0.39 is 11.7 Å². The molecule has 2 N–H and O–H groups in total. The standard InChI is InChI=1S/C15H15FN4O2S/c1-7(2)14-19-20-15(23-14)18-13(22)10-6-12(21)17-11-5-8(16)3-4-9(10)11/h3-5,7,10H,6H2,1-2H3,(H,17,21)(H,18,20,22). The van der Waals surface area contributed by atoms with Gasteiger partial charge in [0.05, 0.1) is 5.92 Å². The lowest BCUT2D eigenvalue weighted by atomic mass is 9.90. The first kappa shape index (κ1) is 15.5. The molecule has 2 heterocycles. The fraction of sp³-hybridized carbons (Fsp3) is 0.333. The van der Waals surface area contributed by atoms with Crippen LogP contribution in [0.15, 0.2) is 18.2 Å². The number of aromatic nitrogens is 2. The number of nitrogens with zero attached hydrogens (tertiary/aromatic N) is 2. The molecule has 1 aliphatic rings. The number of carbonyl (C=O) groups excluding carboxylic acids is 2. The molecule has 2 aromatic rings. The third-order valence-electron chi connectivity index (χ3n) is 3.54. The van der Waals surface area contributed by atoms with Gasteiger partial charge in [0.25, 0.3) is 0 Å². The normalized spacial score (nSPS) is 16.9. The number of hydrogen-bond donors (Lipinski definition) is 2. The van der Waals surface area contributed by atoms with Gasteiger partial charge >= 0.3 is 0 Å². The van der Waals surface area contributed by atoms with Gasteiger partial charge in [0.1, 0.15) is 10.8 Å². The van der Waals surface area contributed by atoms with Crippen LogP contribution in [0.5, 0.6) is 0 Å². The zero-order valence-corrected chi connectivity index (χ0v) is 13.4. The van der Waals surface area contributed by atoms with Crippen LogP contribution in [0.1, 0.15) is 42.7 Å². The van der Waals surface area contributed by atoms with Crippen molar-refractivity contribution in [1.29, 1.82) is 0 Å². The number of anilines is 2.